The number of nitriles is 1. The third kappa shape index (κ3) is 2.77. The number of para-hydroxylation sites is 1. The molecule has 2 aromatic heterocycles. The zero-order valence-corrected chi connectivity index (χ0v) is 11.3. The van der Waals surface area contributed by atoms with Crippen molar-refractivity contribution < 1.29 is 0 Å². The topological polar surface area (TPSA) is 92.5 Å². The minimum Gasteiger partial charge on any atom is -0.396 e. The van der Waals surface area contributed by atoms with Gasteiger partial charge in [-0.05, 0) is 12.1 Å². The number of rotatable bonds is 4. The van der Waals surface area contributed by atoms with Crippen molar-refractivity contribution in [1.29, 1.82) is 5.26 Å². The lowest BCUT2D eigenvalue weighted by Gasteiger charge is -2.08. The molecule has 0 aliphatic rings. The first-order valence-electron chi connectivity index (χ1n) is 6.58. The van der Waals surface area contributed by atoms with Gasteiger partial charge in [0.1, 0.15) is 5.82 Å². The number of benzene rings is 1. The van der Waals surface area contributed by atoms with Crippen LogP contribution in [0.4, 0.5) is 11.5 Å². The number of anilines is 2. The highest BCUT2D eigenvalue weighted by atomic mass is 15.3. The fourth-order valence-electron chi connectivity index (χ4n) is 2.16. The molecule has 0 unspecified atom stereocenters. The number of hydrogen-bond acceptors (Lipinski definition) is 5. The summed E-state index contributed by atoms with van der Waals surface area (Å²) in [6.07, 6.45) is 3.39. The fraction of sp³-hybridized carbons (Fsp3) is 0.133. The van der Waals surface area contributed by atoms with Gasteiger partial charge < -0.3 is 11.1 Å². The zero-order valence-electron chi connectivity index (χ0n) is 11.3. The number of nitrogens with one attached hydrogen (secondary N) is 1. The van der Waals surface area contributed by atoms with Gasteiger partial charge in [-0.1, -0.05) is 18.2 Å². The Hall–Kier alpha value is -3.07. The zero-order chi connectivity index (χ0) is 14.7. The molecule has 6 nitrogen and oxygen atoms in total. The predicted molar refractivity (Wildman–Crippen MR) is 81.6 cm³/mol. The standard InChI is InChI=1S/C15H14N6/c16-8-11-7-15(20-14-4-2-1-3-13(11)14)18-5-6-21-10-12(17)9-19-21/h1-4,7,9-10H,5-6,17H2,(H,18,20). The Bertz CT molecular complexity index is 814. The Balaban J connectivity index is 1.76. The molecule has 1 aromatic carbocycles. The molecule has 0 saturated carbocycles. The van der Waals surface area contributed by atoms with E-state index in [1.165, 1.54) is 0 Å². The minimum atomic E-state index is 0.617. The molecule has 0 atom stereocenters. The molecule has 0 saturated heterocycles. The van der Waals surface area contributed by atoms with E-state index in [1.807, 2.05) is 24.3 Å². The third-order valence-corrected chi connectivity index (χ3v) is 3.14. The Morgan fingerprint density at radius 2 is 2.19 bits per heavy atom. The first kappa shape index (κ1) is 12.9. The molecule has 3 N–H and O–H groups in total. The number of nitrogens with zero attached hydrogens (tertiary/aromatic N) is 4. The van der Waals surface area contributed by atoms with Crippen molar-refractivity contribution in [1.82, 2.24) is 14.8 Å². The van der Waals surface area contributed by atoms with Gasteiger partial charge in [-0.2, -0.15) is 10.4 Å². The van der Waals surface area contributed by atoms with Crippen molar-refractivity contribution in [2.24, 2.45) is 0 Å². The summed E-state index contributed by atoms with van der Waals surface area (Å²) < 4.78 is 1.76. The summed E-state index contributed by atoms with van der Waals surface area (Å²) >= 11 is 0. The van der Waals surface area contributed by atoms with E-state index >= 15 is 0 Å². The van der Waals surface area contributed by atoms with Gasteiger partial charge in [0.05, 0.1) is 35.6 Å². The maximum atomic E-state index is 9.23. The summed E-state index contributed by atoms with van der Waals surface area (Å²) in [5.41, 5.74) is 7.68. The van der Waals surface area contributed by atoms with Gasteiger partial charge in [-0.15, -0.1) is 0 Å². The lowest BCUT2D eigenvalue weighted by Crippen LogP contribution is -2.11. The quantitative estimate of drug-likeness (QED) is 0.761. The summed E-state index contributed by atoms with van der Waals surface area (Å²) in [5.74, 6) is 0.686. The molecular formula is C15H14N6. The lowest BCUT2D eigenvalue weighted by molar-refractivity contribution is 0.637. The van der Waals surface area contributed by atoms with Gasteiger partial charge >= 0.3 is 0 Å². The molecule has 0 amide bonds. The summed E-state index contributed by atoms with van der Waals surface area (Å²) in [6.45, 7) is 1.32. The third-order valence-electron chi connectivity index (χ3n) is 3.14. The lowest BCUT2D eigenvalue weighted by atomic mass is 10.1. The van der Waals surface area contributed by atoms with Crippen LogP contribution in [0.25, 0.3) is 10.9 Å². The number of nitrogen functional groups attached to an aromatic ring is 1. The molecule has 3 aromatic rings. The SMILES string of the molecule is N#Cc1cc(NCCn2cc(N)cn2)nc2ccccc12. The average molecular weight is 278 g/mol. The van der Waals surface area contributed by atoms with Gasteiger partial charge in [-0.25, -0.2) is 4.98 Å². The molecule has 2 heterocycles. The van der Waals surface area contributed by atoms with Crippen LogP contribution >= 0.6 is 0 Å². The molecule has 104 valence electrons. The van der Waals surface area contributed by atoms with Crippen molar-refractivity contribution in [3.63, 3.8) is 0 Å². The highest BCUT2D eigenvalue weighted by molar-refractivity contribution is 5.86. The molecule has 0 bridgehead atoms. The monoisotopic (exact) mass is 278 g/mol. The molecule has 0 aliphatic carbocycles. The van der Waals surface area contributed by atoms with E-state index in [4.69, 9.17) is 5.73 Å². The second-order valence-electron chi connectivity index (χ2n) is 4.65. The smallest absolute Gasteiger partial charge is 0.128 e. The van der Waals surface area contributed by atoms with Crippen LogP contribution in [0.15, 0.2) is 42.7 Å². The number of nitrogens with two attached hydrogens (primary N) is 1. The van der Waals surface area contributed by atoms with Gasteiger partial charge in [0.2, 0.25) is 0 Å². The van der Waals surface area contributed by atoms with E-state index in [-0.39, 0.29) is 0 Å². The van der Waals surface area contributed by atoms with Crippen LogP contribution in [-0.4, -0.2) is 21.3 Å². The van der Waals surface area contributed by atoms with E-state index < -0.39 is 0 Å². The van der Waals surface area contributed by atoms with Crippen molar-refractivity contribution in [3.8, 4) is 6.07 Å². The second-order valence-corrected chi connectivity index (χ2v) is 4.65. The first-order chi connectivity index (χ1) is 10.3. The molecule has 21 heavy (non-hydrogen) atoms. The Labute approximate surface area is 121 Å². The van der Waals surface area contributed by atoms with E-state index in [0.29, 0.717) is 30.2 Å². The van der Waals surface area contributed by atoms with Gasteiger partial charge in [-0.3, -0.25) is 4.68 Å². The Kier molecular flexibility index (Phi) is 3.39. The van der Waals surface area contributed by atoms with E-state index in [0.717, 1.165) is 10.9 Å². The average Bonchev–Trinajstić information content (AvgIpc) is 2.92. The molecular weight excluding hydrogens is 264 g/mol. The number of hydrogen-bond donors (Lipinski definition) is 2. The Morgan fingerprint density at radius 1 is 1.33 bits per heavy atom. The van der Waals surface area contributed by atoms with Crippen molar-refractivity contribution in [2.45, 2.75) is 6.54 Å². The minimum absolute atomic E-state index is 0.617. The first-order valence-corrected chi connectivity index (χ1v) is 6.58. The summed E-state index contributed by atoms with van der Waals surface area (Å²) in [4.78, 5) is 4.50. The van der Waals surface area contributed by atoms with Gasteiger partial charge in [0, 0.05) is 18.1 Å². The molecule has 0 fully saturated rings. The predicted octanol–water partition coefficient (Wildman–Crippen LogP) is 2.00. The maximum absolute atomic E-state index is 9.23. The van der Waals surface area contributed by atoms with Crippen molar-refractivity contribution >= 4 is 22.4 Å². The highest BCUT2D eigenvalue weighted by Crippen LogP contribution is 2.19. The highest BCUT2D eigenvalue weighted by Gasteiger charge is 2.04. The molecule has 0 radical (unpaired) electrons. The van der Waals surface area contributed by atoms with E-state index in [9.17, 15) is 5.26 Å². The normalized spacial score (nSPS) is 10.4. The van der Waals surface area contributed by atoms with E-state index in [2.05, 4.69) is 21.5 Å². The molecule has 3 rings (SSSR count). The maximum Gasteiger partial charge on any atom is 0.128 e. The van der Waals surface area contributed by atoms with Crippen LogP contribution < -0.4 is 11.1 Å². The number of aromatic nitrogens is 3. The van der Waals surface area contributed by atoms with Gasteiger partial charge in [0.15, 0.2) is 0 Å². The molecule has 0 aliphatic heterocycles. The number of pyridine rings is 1. The van der Waals surface area contributed by atoms with Crippen LogP contribution in [0.3, 0.4) is 0 Å². The fourth-order valence-corrected chi connectivity index (χ4v) is 2.16. The van der Waals surface area contributed by atoms with Crippen LogP contribution in [0.5, 0.6) is 0 Å². The van der Waals surface area contributed by atoms with Crippen LogP contribution in [-0.2, 0) is 6.54 Å². The van der Waals surface area contributed by atoms with Crippen LogP contribution in [0, 0.1) is 11.3 Å². The second kappa shape index (κ2) is 5.51. The molecule has 0 spiro atoms. The van der Waals surface area contributed by atoms with Crippen molar-refractivity contribution in [3.05, 3.63) is 48.3 Å². The van der Waals surface area contributed by atoms with Gasteiger partial charge in [0.25, 0.3) is 0 Å². The summed E-state index contributed by atoms with van der Waals surface area (Å²) in [7, 11) is 0. The largest absolute Gasteiger partial charge is 0.396 e. The summed E-state index contributed by atoms with van der Waals surface area (Å²) in [6, 6.07) is 11.6. The summed E-state index contributed by atoms with van der Waals surface area (Å²) in [5, 5.41) is 17.4. The van der Waals surface area contributed by atoms with Crippen LogP contribution in [0.1, 0.15) is 5.56 Å². The molecule has 6 heteroatoms. The van der Waals surface area contributed by atoms with Crippen molar-refractivity contribution in [2.75, 3.05) is 17.6 Å². The number of fused-ring (bicyclic) bond motifs is 1. The van der Waals surface area contributed by atoms with Crippen LogP contribution in [0.2, 0.25) is 0 Å². The Morgan fingerprint density at radius 3 is 2.95 bits per heavy atom. The van der Waals surface area contributed by atoms with E-state index in [1.54, 1.807) is 23.1 Å².